The van der Waals surface area contributed by atoms with Gasteiger partial charge in [-0.25, -0.2) is 8.42 Å². The van der Waals surface area contributed by atoms with Crippen molar-refractivity contribution in [1.82, 2.24) is 4.90 Å². The molecular formula is C22H22BrNO4S. The van der Waals surface area contributed by atoms with E-state index in [0.717, 1.165) is 32.1 Å². The van der Waals surface area contributed by atoms with Crippen LogP contribution in [0.4, 0.5) is 0 Å². The Morgan fingerprint density at radius 2 is 1.97 bits per heavy atom. The highest BCUT2D eigenvalue weighted by Crippen LogP contribution is 2.27. The molecule has 2 aromatic carbocycles. The number of aryl methyl sites for hydroxylation is 1. The summed E-state index contributed by atoms with van der Waals surface area (Å²) in [5.74, 6) is 0.0783. The highest BCUT2D eigenvalue weighted by atomic mass is 79.9. The molecule has 7 heteroatoms. The summed E-state index contributed by atoms with van der Waals surface area (Å²) in [5, 5.41) is 0.891. The second-order valence-corrected chi connectivity index (χ2v) is 10.8. The number of benzene rings is 2. The van der Waals surface area contributed by atoms with Crippen LogP contribution in [0.25, 0.3) is 11.0 Å². The lowest BCUT2D eigenvalue weighted by molar-refractivity contribution is -0.133. The topological polar surface area (TPSA) is 67.6 Å². The standard InChI is InChI=1S/C22H22BrNO4S/c1-15-2-4-16(5-3-15)12-24(19-8-9-29(26,27)14-19)22(25)10-17-13-28-21-7-6-18(23)11-20(17)21/h2-7,11,13,19H,8-10,12,14H2,1H3. The number of sulfone groups is 1. The average molecular weight is 476 g/mol. The van der Waals surface area contributed by atoms with Crippen LogP contribution in [0, 0.1) is 6.92 Å². The number of rotatable bonds is 5. The molecule has 1 unspecified atom stereocenters. The molecular weight excluding hydrogens is 454 g/mol. The van der Waals surface area contributed by atoms with Crippen LogP contribution in [0.5, 0.6) is 0 Å². The van der Waals surface area contributed by atoms with E-state index in [1.54, 1.807) is 11.2 Å². The van der Waals surface area contributed by atoms with E-state index in [4.69, 9.17) is 4.42 Å². The monoisotopic (exact) mass is 475 g/mol. The third kappa shape index (κ3) is 4.56. The molecule has 4 rings (SSSR count). The SMILES string of the molecule is Cc1ccc(CN(C(=O)Cc2coc3ccc(Br)cc23)C2CCS(=O)(=O)C2)cc1. The number of halogens is 1. The number of carbonyl (C=O) groups is 1. The molecule has 5 nitrogen and oxygen atoms in total. The highest BCUT2D eigenvalue weighted by molar-refractivity contribution is 9.10. The first-order valence-corrected chi connectivity index (χ1v) is 12.1. The first-order valence-electron chi connectivity index (χ1n) is 9.52. The molecule has 29 heavy (non-hydrogen) atoms. The van der Waals surface area contributed by atoms with Gasteiger partial charge in [0.05, 0.1) is 24.2 Å². The van der Waals surface area contributed by atoms with E-state index in [9.17, 15) is 13.2 Å². The lowest BCUT2D eigenvalue weighted by Crippen LogP contribution is -2.41. The van der Waals surface area contributed by atoms with Gasteiger partial charge in [0.15, 0.2) is 9.84 Å². The van der Waals surface area contributed by atoms with Gasteiger partial charge in [0.2, 0.25) is 5.91 Å². The Morgan fingerprint density at radius 3 is 2.66 bits per heavy atom. The van der Waals surface area contributed by atoms with Crippen LogP contribution in [-0.4, -0.2) is 36.8 Å². The van der Waals surface area contributed by atoms with Crippen molar-refractivity contribution >= 4 is 42.6 Å². The molecule has 2 heterocycles. The molecule has 1 atom stereocenters. The van der Waals surface area contributed by atoms with Gasteiger partial charge in [0.25, 0.3) is 0 Å². The maximum atomic E-state index is 13.3. The van der Waals surface area contributed by atoms with Crippen LogP contribution in [0.1, 0.15) is 23.1 Å². The van der Waals surface area contributed by atoms with Gasteiger partial charge >= 0.3 is 0 Å². The fourth-order valence-electron chi connectivity index (χ4n) is 3.79. The zero-order valence-corrected chi connectivity index (χ0v) is 18.5. The summed E-state index contributed by atoms with van der Waals surface area (Å²) in [6.45, 7) is 2.41. The van der Waals surface area contributed by atoms with Crippen LogP contribution < -0.4 is 0 Å². The summed E-state index contributed by atoms with van der Waals surface area (Å²) < 4.78 is 30.6. The minimum absolute atomic E-state index is 0.0300. The molecule has 1 aliphatic rings. The molecule has 0 radical (unpaired) electrons. The number of amides is 1. The van der Waals surface area contributed by atoms with Gasteiger partial charge in [-0.1, -0.05) is 45.8 Å². The van der Waals surface area contributed by atoms with E-state index >= 15 is 0 Å². The van der Waals surface area contributed by atoms with E-state index in [2.05, 4.69) is 15.9 Å². The van der Waals surface area contributed by atoms with Crippen LogP contribution in [-0.2, 0) is 27.6 Å². The summed E-state index contributed by atoms with van der Waals surface area (Å²) >= 11 is 3.46. The molecule has 1 saturated heterocycles. The van der Waals surface area contributed by atoms with Gasteiger partial charge in [-0.2, -0.15) is 0 Å². The van der Waals surface area contributed by atoms with Crippen molar-refractivity contribution in [2.75, 3.05) is 11.5 Å². The molecule has 0 N–H and O–H groups in total. The van der Waals surface area contributed by atoms with Gasteiger partial charge in [0, 0.05) is 28.0 Å². The van der Waals surface area contributed by atoms with E-state index in [1.807, 2.05) is 49.4 Å². The fraction of sp³-hybridized carbons (Fsp3) is 0.318. The van der Waals surface area contributed by atoms with Crippen molar-refractivity contribution in [2.24, 2.45) is 0 Å². The number of carbonyl (C=O) groups excluding carboxylic acids is 1. The molecule has 1 aliphatic heterocycles. The molecule has 0 spiro atoms. The number of hydrogen-bond donors (Lipinski definition) is 0. The summed E-state index contributed by atoms with van der Waals surface area (Å²) in [5.41, 5.74) is 3.67. The zero-order valence-electron chi connectivity index (χ0n) is 16.1. The van der Waals surface area contributed by atoms with Crippen LogP contribution in [0.3, 0.4) is 0 Å². The Labute approximate surface area is 178 Å². The smallest absolute Gasteiger partial charge is 0.227 e. The Hall–Kier alpha value is -2.12. The minimum Gasteiger partial charge on any atom is -0.464 e. The largest absolute Gasteiger partial charge is 0.464 e. The molecule has 0 saturated carbocycles. The lowest BCUT2D eigenvalue weighted by Gasteiger charge is -2.28. The maximum Gasteiger partial charge on any atom is 0.227 e. The number of nitrogens with zero attached hydrogens (tertiary/aromatic N) is 1. The summed E-state index contributed by atoms with van der Waals surface area (Å²) in [7, 11) is -3.09. The lowest BCUT2D eigenvalue weighted by atomic mass is 10.1. The Balaban J connectivity index is 1.61. The third-order valence-corrected chi connectivity index (χ3v) is 7.64. The van der Waals surface area contributed by atoms with Crippen LogP contribution in [0.2, 0.25) is 0 Å². The molecule has 1 amide bonds. The van der Waals surface area contributed by atoms with Crippen molar-refractivity contribution in [1.29, 1.82) is 0 Å². The summed E-state index contributed by atoms with van der Waals surface area (Å²) in [6.07, 6.45) is 2.27. The van der Waals surface area contributed by atoms with Crippen LogP contribution >= 0.6 is 15.9 Å². The molecule has 1 fully saturated rings. The fourth-order valence-corrected chi connectivity index (χ4v) is 5.88. The predicted octanol–water partition coefficient (Wildman–Crippen LogP) is 4.26. The normalized spacial score (nSPS) is 18.2. The Morgan fingerprint density at radius 1 is 1.21 bits per heavy atom. The molecule has 0 bridgehead atoms. The van der Waals surface area contributed by atoms with Gasteiger partial charge in [-0.15, -0.1) is 0 Å². The highest BCUT2D eigenvalue weighted by Gasteiger charge is 2.34. The van der Waals surface area contributed by atoms with Crippen LogP contribution in [0.15, 0.2) is 57.6 Å². The van der Waals surface area contributed by atoms with E-state index in [0.29, 0.717) is 13.0 Å². The van der Waals surface area contributed by atoms with E-state index < -0.39 is 9.84 Å². The quantitative estimate of drug-likeness (QED) is 0.552. The van der Waals surface area contributed by atoms with Crippen molar-refractivity contribution in [3.05, 3.63) is 69.9 Å². The molecule has 152 valence electrons. The summed E-state index contributed by atoms with van der Waals surface area (Å²) in [6, 6.07) is 13.4. The Kier molecular flexibility index (Phi) is 5.53. The first-order chi connectivity index (χ1) is 13.8. The van der Waals surface area contributed by atoms with E-state index in [1.165, 1.54) is 0 Å². The van der Waals surface area contributed by atoms with E-state index in [-0.39, 0.29) is 29.9 Å². The van der Waals surface area contributed by atoms with Gasteiger partial charge in [0.1, 0.15) is 5.58 Å². The predicted molar refractivity (Wildman–Crippen MR) is 116 cm³/mol. The van der Waals surface area contributed by atoms with Crippen molar-refractivity contribution in [2.45, 2.75) is 32.4 Å². The average Bonchev–Trinajstić information content (AvgIpc) is 3.23. The molecule has 0 aliphatic carbocycles. The number of furan rings is 1. The third-order valence-electron chi connectivity index (χ3n) is 5.40. The molecule has 3 aromatic rings. The number of fused-ring (bicyclic) bond motifs is 1. The zero-order chi connectivity index (χ0) is 20.6. The summed E-state index contributed by atoms with van der Waals surface area (Å²) in [4.78, 5) is 15.0. The number of hydrogen-bond acceptors (Lipinski definition) is 4. The van der Waals surface area contributed by atoms with Gasteiger partial charge in [-0.3, -0.25) is 4.79 Å². The first kappa shape index (κ1) is 20.2. The Bertz CT molecular complexity index is 1150. The van der Waals surface area contributed by atoms with Gasteiger partial charge in [-0.05, 0) is 37.1 Å². The van der Waals surface area contributed by atoms with Crippen molar-refractivity contribution < 1.29 is 17.6 Å². The second-order valence-electron chi connectivity index (χ2n) is 7.64. The van der Waals surface area contributed by atoms with Crippen molar-refractivity contribution in [3.63, 3.8) is 0 Å². The second kappa shape index (κ2) is 7.95. The maximum absolute atomic E-state index is 13.3. The van der Waals surface area contributed by atoms with Gasteiger partial charge < -0.3 is 9.32 Å². The molecule has 1 aromatic heterocycles. The minimum atomic E-state index is -3.09. The van der Waals surface area contributed by atoms with Crippen molar-refractivity contribution in [3.8, 4) is 0 Å².